The summed E-state index contributed by atoms with van der Waals surface area (Å²) in [4.78, 5) is 4.38. The van der Waals surface area contributed by atoms with Crippen LogP contribution in [0.15, 0.2) is 39.9 Å². The summed E-state index contributed by atoms with van der Waals surface area (Å²) in [5.41, 5.74) is 2.78. The highest BCUT2D eigenvalue weighted by atomic mass is 35.5. The van der Waals surface area contributed by atoms with Crippen molar-refractivity contribution in [1.82, 2.24) is 29.8 Å². The van der Waals surface area contributed by atoms with Crippen LogP contribution in [-0.4, -0.2) is 29.8 Å². The van der Waals surface area contributed by atoms with Gasteiger partial charge in [-0.15, -0.1) is 20.4 Å². The molecule has 0 aliphatic heterocycles. The molecule has 25 heavy (non-hydrogen) atoms. The fourth-order valence-electron chi connectivity index (χ4n) is 2.44. The van der Waals surface area contributed by atoms with E-state index in [1.165, 1.54) is 11.8 Å². The molecule has 7 nitrogen and oxygen atoms in total. The molecule has 0 aliphatic carbocycles. The van der Waals surface area contributed by atoms with Crippen LogP contribution < -0.4 is 0 Å². The number of fused-ring (bicyclic) bond motifs is 1. The maximum Gasteiger partial charge on any atom is 0.256 e. The van der Waals surface area contributed by atoms with Gasteiger partial charge >= 0.3 is 0 Å². The van der Waals surface area contributed by atoms with Crippen molar-refractivity contribution in [3.8, 4) is 11.5 Å². The van der Waals surface area contributed by atoms with Crippen molar-refractivity contribution in [2.24, 2.45) is 0 Å². The highest BCUT2D eigenvalue weighted by Gasteiger charge is 2.13. The summed E-state index contributed by atoms with van der Waals surface area (Å²) in [5.74, 6) is 2.07. The number of rotatable bonds is 4. The minimum Gasteiger partial charge on any atom is -0.420 e. The lowest BCUT2D eigenvalue weighted by Gasteiger charge is -2.02. The van der Waals surface area contributed by atoms with Crippen LogP contribution >= 0.6 is 23.4 Å². The lowest BCUT2D eigenvalue weighted by Crippen LogP contribution is -1.97. The predicted octanol–water partition coefficient (Wildman–Crippen LogP) is 3.74. The highest BCUT2D eigenvalue weighted by molar-refractivity contribution is 7.98. The minimum absolute atomic E-state index is 0.465. The molecule has 0 unspecified atom stereocenters. The third-order valence-electron chi connectivity index (χ3n) is 3.55. The van der Waals surface area contributed by atoms with Crippen molar-refractivity contribution in [3.05, 3.63) is 52.6 Å². The van der Waals surface area contributed by atoms with E-state index >= 15 is 0 Å². The van der Waals surface area contributed by atoms with E-state index in [0.29, 0.717) is 28.3 Å². The molecule has 0 aliphatic rings. The molecule has 0 atom stereocenters. The SMILES string of the molecule is Cc1cc(C)n2c(SCc3nnc(-c4ccc(Cl)cc4)o3)nnc2n1. The molecule has 0 saturated heterocycles. The Morgan fingerprint density at radius 3 is 2.68 bits per heavy atom. The molecule has 0 fully saturated rings. The van der Waals surface area contributed by atoms with E-state index in [-0.39, 0.29) is 0 Å². The van der Waals surface area contributed by atoms with Gasteiger partial charge in [0.05, 0.1) is 5.75 Å². The summed E-state index contributed by atoms with van der Waals surface area (Å²) < 4.78 is 7.62. The van der Waals surface area contributed by atoms with Gasteiger partial charge in [0.1, 0.15) is 0 Å². The van der Waals surface area contributed by atoms with Crippen LogP contribution in [0, 0.1) is 13.8 Å². The summed E-state index contributed by atoms with van der Waals surface area (Å²) in [6.07, 6.45) is 0. The van der Waals surface area contributed by atoms with Gasteiger partial charge in [-0.05, 0) is 44.2 Å². The molecule has 9 heteroatoms. The average molecular weight is 373 g/mol. The number of aromatic nitrogens is 6. The molecule has 126 valence electrons. The van der Waals surface area contributed by atoms with Crippen LogP contribution in [0.4, 0.5) is 0 Å². The van der Waals surface area contributed by atoms with Crippen molar-refractivity contribution in [3.63, 3.8) is 0 Å². The number of halogens is 1. The zero-order chi connectivity index (χ0) is 17.4. The molecule has 0 spiro atoms. The summed E-state index contributed by atoms with van der Waals surface area (Å²) in [5, 5.41) is 17.9. The number of hydrogen-bond donors (Lipinski definition) is 0. The molecular formula is C16H13ClN6OS. The molecule has 0 N–H and O–H groups in total. The average Bonchev–Trinajstić information content (AvgIpc) is 3.20. The molecular weight excluding hydrogens is 360 g/mol. The van der Waals surface area contributed by atoms with E-state index in [1.54, 1.807) is 12.1 Å². The summed E-state index contributed by atoms with van der Waals surface area (Å²) >= 11 is 7.36. The number of benzene rings is 1. The van der Waals surface area contributed by atoms with E-state index < -0.39 is 0 Å². The smallest absolute Gasteiger partial charge is 0.256 e. The second kappa shape index (κ2) is 6.45. The first-order chi connectivity index (χ1) is 12.1. The van der Waals surface area contributed by atoms with Crippen LogP contribution in [0.5, 0.6) is 0 Å². The van der Waals surface area contributed by atoms with Crippen molar-refractivity contribution < 1.29 is 4.42 Å². The molecule has 0 radical (unpaired) electrons. The van der Waals surface area contributed by atoms with Crippen LogP contribution in [0.1, 0.15) is 17.3 Å². The maximum atomic E-state index is 5.89. The molecule has 4 rings (SSSR count). The number of aryl methyl sites for hydroxylation is 2. The third kappa shape index (κ3) is 3.22. The van der Waals surface area contributed by atoms with E-state index in [4.69, 9.17) is 16.0 Å². The normalized spacial score (nSPS) is 11.3. The van der Waals surface area contributed by atoms with Gasteiger partial charge in [0.15, 0.2) is 5.16 Å². The lowest BCUT2D eigenvalue weighted by atomic mass is 10.2. The van der Waals surface area contributed by atoms with Gasteiger partial charge in [-0.3, -0.25) is 4.40 Å². The van der Waals surface area contributed by atoms with Crippen LogP contribution in [0.3, 0.4) is 0 Å². The van der Waals surface area contributed by atoms with Gasteiger partial charge in [0.2, 0.25) is 11.8 Å². The standard InChI is InChI=1S/C16H13ClN6OS/c1-9-7-10(2)23-15(18-9)21-22-16(23)25-8-13-19-20-14(24-13)11-3-5-12(17)6-4-11/h3-7H,8H2,1-2H3. The topological polar surface area (TPSA) is 82.0 Å². The zero-order valence-corrected chi connectivity index (χ0v) is 15.0. The predicted molar refractivity (Wildman–Crippen MR) is 94.6 cm³/mol. The fourth-order valence-corrected chi connectivity index (χ4v) is 3.39. The van der Waals surface area contributed by atoms with E-state index in [0.717, 1.165) is 22.1 Å². The van der Waals surface area contributed by atoms with Gasteiger partial charge in [-0.25, -0.2) is 4.98 Å². The van der Waals surface area contributed by atoms with Gasteiger partial charge in [0, 0.05) is 22.0 Å². The van der Waals surface area contributed by atoms with Crippen LogP contribution in [0.25, 0.3) is 17.2 Å². The Kier molecular flexibility index (Phi) is 4.14. The number of nitrogens with zero attached hydrogens (tertiary/aromatic N) is 6. The quantitative estimate of drug-likeness (QED) is 0.504. The molecule has 1 aromatic carbocycles. The molecule has 0 bridgehead atoms. The second-order valence-corrected chi connectivity index (χ2v) is 6.83. The van der Waals surface area contributed by atoms with Gasteiger partial charge < -0.3 is 4.42 Å². The van der Waals surface area contributed by atoms with Crippen molar-refractivity contribution >= 4 is 29.1 Å². The van der Waals surface area contributed by atoms with E-state index in [9.17, 15) is 0 Å². The van der Waals surface area contributed by atoms with E-state index in [1.807, 2.05) is 36.4 Å². The molecule has 0 saturated carbocycles. The highest BCUT2D eigenvalue weighted by Crippen LogP contribution is 2.25. The maximum absolute atomic E-state index is 5.89. The van der Waals surface area contributed by atoms with Crippen molar-refractivity contribution in [2.45, 2.75) is 24.8 Å². The van der Waals surface area contributed by atoms with Gasteiger partial charge in [-0.2, -0.15) is 0 Å². The summed E-state index contributed by atoms with van der Waals surface area (Å²) in [6, 6.07) is 9.25. The fraction of sp³-hybridized carbons (Fsp3) is 0.188. The van der Waals surface area contributed by atoms with Gasteiger partial charge in [0.25, 0.3) is 5.78 Å². The Hall–Kier alpha value is -2.45. The second-order valence-electron chi connectivity index (χ2n) is 5.45. The zero-order valence-electron chi connectivity index (χ0n) is 13.5. The molecule has 3 heterocycles. The Morgan fingerprint density at radius 1 is 1.08 bits per heavy atom. The van der Waals surface area contributed by atoms with Crippen LogP contribution in [-0.2, 0) is 5.75 Å². The third-order valence-corrected chi connectivity index (χ3v) is 4.71. The Labute approximate surface area is 152 Å². The number of thioether (sulfide) groups is 1. The first-order valence-electron chi connectivity index (χ1n) is 7.50. The lowest BCUT2D eigenvalue weighted by molar-refractivity contribution is 0.528. The minimum atomic E-state index is 0.465. The summed E-state index contributed by atoms with van der Waals surface area (Å²) in [7, 11) is 0. The first kappa shape index (κ1) is 16.0. The Morgan fingerprint density at radius 2 is 1.88 bits per heavy atom. The Balaban J connectivity index is 1.53. The monoisotopic (exact) mass is 372 g/mol. The molecule has 4 aromatic rings. The van der Waals surface area contributed by atoms with E-state index in [2.05, 4.69) is 25.4 Å². The van der Waals surface area contributed by atoms with Crippen molar-refractivity contribution in [1.29, 1.82) is 0 Å². The van der Waals surface area contributed by atoms with Crippen molar-refractivity contribution in [2.75, 3.05) is 0 Å². The Bertz CT molecular complexity index is 1040. The van der Waals surface area contributed by atoms with Crippen LogP contribution in [0.2, 0.25) is 5.02 Å². The number of hydrogen-bond acceptors (Lipinski definition) is 7. The largest absolute Gasteiger partial charge is 0.420 e. The summed E-state index contributed by atoms with van der Waals surface area (Å²) in [6.45, 7) is 3.94. The van der Waals surface area contributed by atoms with Gasteiger partial charge in [-0.1, -0.05) is 23.4 Å². The first-order valence-corrected chi connectivity index (χ1v) is 8.87. The molecule has 0 amide bonds. The molecule has 3 aromatic heterocycles.